The Bertz CT molecular complexity index is 335. The summed E-state index contributed by atoms with van der Waals surface area (Å²) in [4.78, 5) is 11.1. The van der Waals surface area contributed by atoms with Crippen LogP contribution in [0.1, 0.15) is 72.6 Å². The molecule has 7 heteroatoms. The fourth-order valence-electron chi connectivity index (χ4n) is 1.77. The van der Waals surface area contributed by atoms with Gasteiger partial charge in [-0.1, -0.05) is 58.3 Å². The fourth-order valence-corrected chi connectivity index (χ4v) is 2.15. The molecule has 0 aromatic rings. The Labute approximate surface area is 146 Å². The molecule has 0 fully saturated rings. The van der Waals surface area contributed by atoms with Gasteiger partial charge in [0.1, 0.15) is 0 Å². The Hall–Kier alpha value is 0.380. The average Bonchev–Trinajstić information content (AvgIpc) is 2.36. The number of carbonyl (C=O) groups is 1. The summed E-state index contributed by atoms with van der Waals surface area (Å²) in [7, 11) is -3.17. The van der Waals surface area contributed by atoms with E-state index in [1.165, 1.54) is 38.5 Å². The molecule has 0 saturated heterocycles. The number of hydrogen-bond acceptors (Lipinski definition) is 5. The molecule has 0 radical (unpaired) electrons. The third-order valence-corrected chi connectivity index (χ3v) is 3.68. The van der Waals surface area contributed by atoms with Gasteiger partial charge in [-0.3, -0.25) is 4.79 Å². The zero-order chi connectivity index (χ0) is 14.6. The normalized spacial score (nSPS) is 10.9. The van der Waals surface area contributed by atoms with Gasteiger partial charge >= 0.3 is 45.9 Å². The summed E-state index contributed by atoms with van der Waals surface area (Å²) < 4.78 is 29.8. The van der Waals surface area contributed by atoms with E-state index in [4.69, 9.17) is 0 Å². The molecule has 0 aromatic heterocycles. The molecule has 0 aromatic carbocycles. The number of unbranched alkanes of at least 4 members (excludes halogenated alkanes) is 8. The van der Waals surface area contributed by atoms with Crippen LogP contribution >= 0.6 is 0 Å². The van der Waals surface area contributed by atoms with E-state index >= 15 is 0 Å². The van der Waals surface area contributed by atoms with Gasteiger partial charge in [0.2, 0.25) is 0 Å². The van der Waals surface area contributed by atoms with E-state index in [1.54, 1.807) is 0 Å². The van der Waals surface area contributed by atoms with Gasteiger partial charge in [-0.2, -0.15) is 8.42 Å². The molecular weight excluding hydrogens is 291 g/mol. The van der Waals surface area contributed by atoms with Gasteiger partial charge in [0.25, 0.3) is 0 Å². The summed E-state index contributed by atoms with van der Waals surface area (Å²) >= 11 is 0. The summed E-state index contributed by atoms with van der Waals surface area (Å²) in [6, 6.07) is 0. The predicted molar refractivity (Wildman–Crippen MR) is 75.0 cm³/mol. The van der Waals surface area contributed by atoms with Crippen LogP contribution < -0.4 is 29.6 Å². The van der Waals surface area contributed by atoms with Crippen molar-refractivity contribution in [2.75, 3.05) is 7.11 Å². The van der Waals surface area contributed by atoms with Crippen molar-refractivity contribution in [3.63, 3.8) is 0 Å². The molecule has 0 saturated carbocycles. The summed E-state index contributed by atoms with van der Waals surface area (Å²) in [6.45, 7) is 2.20. The number of carbonyl (C=O) groups excluding carboxylic acids is 1. The Morgan fingerprint density at radius 1 is 0.950 bits per heavy atom. The molecule has 0 aliphatic heterocycles. The fraction of sp³-hybridized carbons (Fsp3) is 0.923. The summed E-state index contributed by atoms with van der Waals surface area (Å²) in [5, 5.41) is 0. The first-order valence-corrected chi connectivity index (χ1v) is 8.38. The van der Waals surface area contributed by atoms with Crippen LogP contribution in [0.15, 0.2) is 0 Å². The SMILES string of the molecule is CCCCCCCCCCCC(=O)OS(=O)(=O)OC.[H-].[Na+]. The monoisotopic (exact) mass is 318 g/mol. The maximum absolute atomic E-state index is 11.1. The Kier molecular flexibility index (Phi) is 16.2. The molecule has 0 rings (SSSR count). The molecule has 0 atom stereocenters. The van der Waals surface area contributed by atoms with E-state index in [-0.39, 0.29) is 37.4 Å². The standard InChI is InChI=1S/C13H26O5S.Na.H/c1-3-4-5-6-7-8-9-10-11-12-13(14)18-19(15,16)17-2;;/h3-12H2,1-2H3;;/q;+1;-1. The number of hydrogen-bond donors (Lipinski definition) is 0. The molecule has 0 spiro atoms. The van der Waals surface area contributed by atoms with Gasteiger partial charge < -0.3 is 5.61 Å². The first-order valence-electron chi connectivity index (χ1n) is 7.04. The quantitative estimate of drug-likeness (QED) is 0.386. The molecule has 116 valence electrons. The van der Waals surface area contributed by atoms with Crippen molar-refractivity contribution in [1.29, 1.82) is 0 Å². The molecule has 0 heterocycles. The van der Waals surface area contributed by atoms with Crippen molar-refractivity contribution >= 4 is 16.4 Å². The molecule has 0 bridgehead atoms. The summed E-state index contributed by atoms with van der Waals surface area (Å²) in [6.07, 6.45) is 10.3. The minimum atomic E-state index is -4.13. The predicted octanol–water partition coefficient (Wildman–Crippen LogP) is 0.458. The van der Waals surface area contributed by atoms with Gasteiger partial charge in [0.05, 0.1) is 7.11 Å². The van der Waals surface area contributed by atoms with Crippen molar-refractivity contribution in [2.45, 2.75) is 71.1 Å². The Morgan fingerprint density at radius 3 is 1.85 bits per heavy atom. The van der Waals surface area contributed by atoms with Crippen LogP contribution in [0.3, 0.4) is 0 Å². The first-order chi connectivity index (χ1) is 9.02. The van der Waals surface area contributed by atoms with Crippen LogP contribution in [0.5, 0.6) is 0 Å². The van der Waals surface area contributed by atoms with Gasteiger partial charge in [0, 0.05) is 6.42 Å². The maximum atomic E-state index is 11.1. The van der Waals surface area contributed by atoms with Crippen LogP contribution in [0.4, 0.5) is 0 Å². The largest absolute Gasteiger partial charge is 1.00 e. The average molecular weight is 318 g/mol. The second-order valence-electron chi connectivity index (χ2n) is 4.61. The summed E-state index contributed by atoms with van der Waals surface area (Å²) in [5.74, 6) is -0.746. The molecule has 0 N–H and O–H groups in total. The second-order valence-corrected chi connectivity index (χ2v) is 5.93. The molecular formula is C13H27NaO5S. The van der Waals surface area contributed by atoms with Gasteiger partial charge in [-0.15, -0.1) is 0 Å². The Balaban J connectivity index is -0.00000162. The third-order valence-electron chi connectivity index (χ3n) is 2.88. The summed E-state index contributed by atoms with van der Waals surface area (Å²) in [5.41, 5.74) is 0. The van der Waals surface area contributed by atoms with E-state index in [2.05, 4.69) is 15.3 Å². The molecule has 0 unspecified atom stereocenters. The molecule has 0 aliphatic carbocycles. The van der Waals surface area contributed by atoms with Crippen molar-refractivity contribution in [3.8, 4) is 0 Å². The van der Waals surface area contributed by atoms with Crippen molar-refractivity contribution in [1.82, 2.24) is 0 Å². The van der Waals surface area contributed by atoms with E-state index in [0.717, 1.165) is 20.0 Å². The zero-order valence-corrected chi connectivity index (χ0v) is 15.8. The molecule has 5 nitrogen and oxygen atoms in total. The Morgan fingerprint density at radius 2 is 1.40 bits per heavy atom. The van der Waals surface area contributed by atoms with E-state index in [1.807, 2.05) is 0 Å². The van der Waals surface area contributed by atoms with Gasteiger partial charge in [-0.05, 0) is 6.42 Å². The van der Waals surface area contributed by atoms with Crippen LogP contribution in [0, 0.1) is 0 Å². The maximum Gasteiger partial charge on any atom is 1.00 e. The van der Waals surface area contributed by atoms with Crippen LogP contribution in [0.2, 0.25) is 0 Å². The minimum Gasteiger partial charge on any atom is -1.00 e. The van der Waals surface area contributed by atoms with Crippen molar-refractivity contribution < 1.29 is 52.6 Å². The third kappa shape index (κ3) is 14.8. The van der Waals surface area contributed by atoms with Crippen LogP contribution in [-0.2, 0) is 23.6 Å². The molecule has 0 amide bonds. The van der Waals surface area contributed by atoms with E-state index in [9.17, 15) is 13.2 Å². The van der Waals surface area contributed by atoms with E-state index < -0.39 is 16.4 Å². The minimum absolute atomic E-state index is 0. The smallest absolute Gasteiger partial charge is 1.00 e. The van der Waals surface area contributed by atoms with Crippen molar-refractivity contribution in [3.05, 3.63) is 0 Å². The molecule has 20 heavy (non-hydrogen) atoms. The zero-order valence-electron chi connectivity index (χ0n) is 14.0. The topological polar surface area (TPSA) is 69.7 Å². The van der Waals surface area contributed by atoms with Crippen LogP contribution in [-0.4, -0.2) is 21.5 Å². The van der Waals surface area contributed by atoms with Gasteiger partial charge in [0.15, 0.2) is 0 Å². The number of rotatable bonds is 12. The van der Waals surface area contributed by atoms with E-state index in [0.29, 0.717) is 6.42 Å². The van der Waals surface area contributed by atoms with Gasteiger partial charge in [-0.25, -0.2) is 4.18 Å². The van der Waals surface area contributed by atoms with Crippen LogP contribution in [0.25, 0.3) is 0 Å². The first kappa shape index (κ1) is 22.7. The van der Waals surface area contributed by atoms with Crippen molar-refractivity contribution in [2.24, 2.45) is 0 Å². The second kappa shape index (κ2) is 14.3. The molecule has 0 aliphatic rings.